The molecule has 2 aromatic rings. The van der Waals surface area contributed by atoms with E-state index in [0.717, 1.165) is 44.8 Å². The third-order valence-electron chi connectivity index (χ3n) is 5.34. The van der Waals surface area contributed by atoms with Crippen molar-refractivity contribution in [1.82, 2.24) is 10.2 Å². The summed E-state index contributed by atoms with van der Waals surface area (Å²) in [7, 11) is 1.66. The molecule has 0 spiro atoms. The monoisotopic (exact) mass is 413 g/mol. The van der Waals surface area contributed by atoms with Gasteiger partial charge in [0, 0.05) is 44.0 Å². The van der Waals surface area contributed by atoms with Gasteiger partial charge in [-0.1, -0.05) is 0 Å². The summed E-state index contributed by atoms with van der Waals surface area (Å²) in [4.78, 5) is 28.5. The molecule has 1 aromatic carbocycles. The number of nitrogens with zero attached hydrogens (tertiary/aromatic N) is 2. The SMILES string of the molecule is COc1ccc(N2CCN(Cc3cc(=O)c(OCC(=O)NC4CC4)co3)CC2)cc1. The second-order valence-corrected chi connectivity index (χ2v) is 7.67. The van der Waals surface area contributed by atoms with Crippen LogP contribution in [-0.2, 0) is 11.3 Å². The van der Waals surface area contributed by atoms with Crippen LogP contribution in [-0.4, -0.2) is 56.7 Å². The Labute approximate surface area is 175 Å². The van der Waals surface area contributed by atoms with Crippen LogP contribution in [0.4, 0.5) is 5.69 Å². The van der Waals surface area contributed by atoms with Crippen molar-refractivity contribution < 1.29 is 18.7 Å². The zero-order valence-electron chi connectivity index (χ0n) is 17.1. The summed E-state index contributed by atoms with van der Waals surface area (Å²) in [6, 6.07) is 9.79. The Balaban J connectivity index is 1.25. The van der Waals surface area contributed by atoms with Crippen LogP contribution in [0.2, 0.25) is 0 Å². The summed E-state index contributed by atoms with van der Waals surface area (Å²) >= 11 is 0. The molecule has 1 amide bonds. The van der Waals surface area contributed by atoms with Crippen LogP contribution in [0.1, 0.15) is 18.6 Å². The first-order valence-corrected chi connectivity index (χ1v) is 10.3. The number of benzene rings is 1. The number of methoxy groups -OCH3 is 1. The normalized spacial score (nSPS) is 16.9. The van der Waals surface area contributed by atoms with E-state index < -0.39 is 0 Å². The van der Waals surface area contributed by atoms with Crippen molar-refractivity contribution in [2.24, 2.45) is 0 Å². The molecule has 4 rings (SSSR count). The maximum atomic E-state index is 12.3. The number of nitrogens with one attached hydrogen (secondary N) is 1. The summed E-state index contributed by atoms with van der Waals surface area (Å²) in [5.74, 6) is 1.29. The average Bonchev–Trinajstić information content (AvgIpc) is 3.58. The molecule has 1 N–H and O–H groups in total. The molecule has 1 saturated carbocycles. The summed E-state index contributed by atoms with van der Waals surface area (Å²) in [6.45, 7) is 3.93. The molecule has 8 nitrogen and oxygen atoms in total. The fourth-order valence-electron chi connectivity index (χ4n) is 3.44. The number of anilines is 1. The topological polar surface area (TPSA) is 84.2 Å². The molecule has 30 heavy (non-hydrogen) atoms. The van der Waals surface area contributed by atoms with E-state index in [4.69, 9.17) is 13.9 Å². The molecule has 1 aliphatic carbocycles. The fraction of sp³-hybridized carbons (Fsp3) is 0.455. The molecule has 2 heterocycles. The van der Waals surface area contributed by atoms with Crippen molar-refractivity contribution in [1.29, 1.82) is 0 Å². The van der Waals surface area contributed by atoms with E-state index in [9.17, 15) is 9.59 Å². The van der Waals surface area contributed by atoms with Crippen molar-refractivity contribution in [3.05, 3.63) is 52.6 Å². The third-order valence-corrected chi connectivity index (χ3v) is 5.34. The number of amides is 1. The highest BCUT2D eigenvalue weighted by Gasteiger charge is 2.23. The minimum atomic E-state index is -0.271. The first-order valence-electron chi connectivity index (χ1n) is 10.3. The van der Waals surface area contributed by atoms with E-state index in [-0.39, 0.29) is 29.7 Å². The molecule has 0 atom stereocenters. The van der Waals surface area contributed by atoms with Gasteiger partial charge in [-0.15, -0.1) is 0 Å². The average molecular weight is 413 g/mol. The predicted molar refractivity (Wildman–Crippen MR) is 112 cm³/mol. The van der Waals surface area contributed by atoms with Crippen molar-refractivity contribution in [3.8, 4) is 11.5 Å². The van der Waals surface area contributed by atoms with Crippen LogP contribution in [0.5, 0.6) is 11.5 Å². The van der Waals surface area contributed by atoms with Crippen LogP contribution in [0, 0.1) is 0 Å². The van der Waals surface area contributed by atoms with E-state index in [1.807, 2.05) is 12.1 Å². The van der Waals surface area contributed by atoms with Crippen molar-refractivity contribution in [2.75, 3.05) is 44.8 Å². The van der Waals surface area contributed by atoms with Gasteiger partial charge < -0.3 is 24.1 Å². The zero-order chi connectivity index (χ0) is 20.9. The Kier molecular flexibility index (Phi) is 6.23. The molecular formula is C22H27N3O5. The van der Waals surface area contributed by atoms with Gasteiger partial charge in [-0.2, -0.15) is 0 Å². The second-order valence-electron chi connectivity index (χ2n) is 7.67. The summed E-state index contributed by atoms with van der Waals surface area (Å²) < 4.78 is 16.1. The van der Waals surface area contributed by atoms with Gasteiger partial charge in [-0.25, -0.2) is 0 Å². The molecule has 1 aromatic heterocycles. The highest BCUT2D eigenvalue weighted by atomic mass is 16.5. The molecule has 0 unspecified atom stereocenters. The summed E-state index contributed by atoms with van der Waals surface area (Å²) in [5.41, 5.74) is 0.904. The summed E-state index contributed by atoms with van der Waals surface area (Å²) in [6.07, 6.45) is 3.32. The Morgan fingerprint density at radius 2 is 1.90 bits per heavy atom. The van der Waals surface area contributed by atoms with Gasteiger partial charge in [0.25, 0.3) is 5.91 Å². The van der Waals surface area contributed by atoms with Gasteiger partial charge >= 0.3 is 0 Å². The first-order chi connectivity index (χ1) is 14.6. The van der Waals surface area contributed by atoms with Crippen molar-refractivity contribution in [2.45, 2.75) is 25.4 Å². The Bertz CT molecular complexity index is 915. The molecule has 0 radical (unpaired) electrons. The maximum Gasteiger partial charge on any atom is 0.258 e. The van der Waals surface area contributed by atoms with E-state index >= 15 is 0 Å². The van der Waals surface area contributed by atoms with Crippen molar-refractivity contribution in [3.63, 3.8) is 0 Å². The molecule has 2 fully saturated rings. The van der Waals surface area contributed by atoms with Crippen LogP contribution in [0.3, 0.4) is 0 Å². The zero-order valence-corrected chi connectivity index (χ0v) is 17.1. The quantitative estimate of drug-likeness (QED) is 0.704. The van der Waals surface area contributed by atoms with E-state index in [2.05, 4.69) is 27.2 Å². The van der Waals surface area contributed by atoms with E-state index in [1.54, 1.807) is 7.11 Å². The molecule has 0 bridgehead atoms. The predicted octanol–water partition coefficient (Wildman–Crippen LogP) is 1.63. The standard InChI is InChI=1S/C22H27N3O5/c1-28-18-6-4-17(5-7-18)25-10-8-24(9-11-25)13-19-12-20(26)21(14-29-19)30-15-22(27)23-16-2-3-16/h4-7,12,14,16H,2-3,8-11,13,15H2,1H3,(H,23,27). The minimum Gasteiger partial charge on any atom is -0.497 e. The number of hydrogen-bond donors (Lipinski definition) is 1. The van der Waals surface area contributed by atoms with Crippen LogP contribution < -0.4 is 25.1 Å². The van der Waals surface area contributed by atoms with Gasteiger partial charge in [-0.05, 0) is 37.1 Å². The number of ether oxygens (including phenoxy) is 2. The Hall–Kier alpha value is -3.00. The summed E-state index contributed by atoms with van der Waals surface area (Å²) in [5, 5.41) is 2.82. The second kappa shape index (κ2) is 9.21. The molecule has 2 aliphatic rings. The first kappa shape index (κ1) is 20.3. The van der Waals surface area contributed by atoms with Gasteiger partial charge in [0.2, 0.25) is 11.2 Å². The molecule has 8 heteroatoms. The fourth-order valence-corrected chi connectivity index (χ4v) is 3.44. The number of hydrogen-bond acceptors (Lipinski definition) is 7. The highest BCUT2D eigenvalue weighted by Crippen LogP contribution is 2.21. The smallest absolute Gasteiger partial charge is 0.258 e. The van der Waals surface area contributed by atoms with Gasteiger partial charge in [-0.3, -0.25) is 14.5 Å². The minimum absolute atomic E-state index is 0.0639. The van der Waals surface area contributed by atoms with Crippen LogP contribution in [0.25, 0.3) is 0 Å². The van der Waals surface area contributed by atoms with Gasteiger partial charge in [0.15, 0.2) is 6.61 Å². The lowest BCUT2D eigenvalue weighted by Crippen LogP contribution is -2.46. The lowest BCUT2D eigenvalue weighted by Gasteiger charge is -2.35. The van der Waals surface area contributed by atoms with E-state index in [0.29, 0.717) is 12.3 Å². The number of piperazine rings is 1. The molecule has 160 valence electrons. The number of rotatable bonds is 8. The Morgan fingerprint density at radius 3 is 2.53 bits per heavy atom. The van der Waals surface area contributed by atoms with Crippen LogP contribution >= 0.6 is 0 Å². The van der Waals surface area contributed by atoms with Crippen molar-refractivity contribution >= 4 is 11.6 Å². The molecule has 1 saturated heterocycles. The van der Waals surface area contributed by atoms with E-state index in [1.165, 1.54) is 18.0 Å². The Morgan fingerprint density at radius 1 is 1.17 bits per heavy atom. The largest absolute Gasteiger partial charge is 0.497 e. The molecular weight excluding hydrogens is 386 g/mol. The highest BCUT2D eigenvalue weighted by molar-refractivity contribution is 5.78. The molecule has 1 aliphatic heterocycles. The third kappa shape index (κ3) is 5.33. The van der Waals surface area contributed by atoms with Crippen LogP contribution in [0.15, 0.2) is 45.8 Å². The lowest BCUT2D eigenvalue weighted by atomic mass is 10.2. The van der Waals surface area contributed by atoms with Gasteiger partial charge in [0.1, 0.15) is 17.8 Å². The number of carbonyl (C=O) groups excluding carboxylic acids is 1. The maximum absolute atomic E-state index is 12.3. The number of carbonyl (C=O) groups is 1. The van der Waals surface area contributed by atoms with Gasteiger partial charge in [0.05, 0.1) is 13.7 Å². The lowest BCUT2D eigenvalue weighted by molar-refractivity contribution is -0.123.